The smallest absolute Gasteiger partial charge is 0.335 e. The van der Waals surface area contributed by atoms with Crippen LogP contribution in [0, 0.1) is 0 Å². The van der Waals surface area contributed by atoms with Gasteiger partial charge in [-0.1, -0.05) is 19.4 Å². The first-order valence-corrected chi connectivity index (χ1v) is 4.56. The normalized spacial score (nSPS) is 12.2. The van der Waals surface area contributed by atoms with E-state index in [-0.39, 0.29) is 5.97 Å². The second-order valence-electron chi connectivity index (χ2n) is 2.76. The molecule has 0 saturated heterocycles. The van der Waals surface area contributed by atoms with Gasteiger partial charge in [-0.05, 0) is 6.42 Å². The zero-order valence-corrected chi connectivity index (χ0v) is 8.41. The van der Waals surface area contributed by atoms with Gasteiger partial charge in [-0.15, -0.1) is 6.58 Å². The van der Waals surface area contributed by atoms with Crippen LogP contribution in [0.3, 0.4) is 0 Å². The van der Waals surface area contributed by atoms with Crippen LogP contribution in [-0.4, -0.2) is 25.8 Å². The number of carbonyl (C=O) groups is 1. The number of esters is 1. The largest absolute Gasteiger partial charge is 0.467 e. The summed E-state index contributed by atoms with van der Waals surface area (Å²) in [6.45, 7) is 6.23. The Morgan fingerprint density at radius 1 is 1.62 bits per heavy atom. The second kappa shape index (κ2) is 7.80. The number of carbonyl (C=O) groups excluding carboxylic acids is 1. The Hall–Kier alpha value is -0.830. The lowest BCUT2D eigenvalue weighted by Gasteiger charge is -2.13. The molecule has 0 N–H and O–H groups in total. The van der Waals surface area contributed by atoms with Crippen molar-refractivity contribution in [3.63, 3.8) is 0 Å². The van der Waals surface area contributed by atoms with E-state index in [1.165, 1.54) is 7.11 Å². The lowest BCUT2D eigenvalue weighted by atomic mass is 10.2. The van der Waals surface area contributed by atoms with Gasteiger partial charge in [0.15, 0.2) is 6.10 Å². The number of unbranched alkanes of at least 4 members (excludes halogenated alkanes) is 1. The van der Waals surface area contributed by atoms with Crippen molar-refractivity contribution in [2.75, 3.05) is 13.7 Å². The van der Waals surface area contributed by atoms with E-state index >= 15 is 0 Å². The van der Waals surface area contributed by atoms with Gasteiger partial charge in [-0.3, -0.25) is 0 Å². The van der Waals surface area contributed by atoms with E-state index in [1.54, 1.807) is 6.08 Å². The van der Waals surface area contributed by atoms with Crippen LogP contribution in [0.15, 0.2) is 12.7 Å². The highest BCUT2D eigenvalue weighted by molar-refractivity contribution is 5.74. The maximum absolute atomic E-state index is 11.1. The average Bonchev–Trinajstić information content (AvgIpc) is 2.16. The van der Waals surface area contributed by atoms with Gasteiger partial charge < -0.3 is 9.47 Å². The first-order valence-electron chi connectivity index (χ1n) is 4.56. The minimum Gasteiger partial charge on any atom is -0.467 e. The number of hydrogen-bond donors (Lipinski definition) is 0. The fraction of sp³-hybridized carbons (Fsp3) is 0.700. The van der Waals surface area contributed by atoms with E-state index in [4.69, 9.17) is 4.74 Å². The number of methoxy groups -OCH3 is 1. The van der Waals surface area contributed by atoms with Gasteiger partial charge in [0, 0.05) is 13.0 Å². The van der Waals surface area contributed by atoms with Gasteiger partial charge in [0.1, 0.15) is 0 Å². The Morgan fingerprint density at radius 3 is 2.77 bits per heavy atom. The summed E-state index contributed by atoms with van der Waals surface area (Å²) in [4.78, 5) is 11.1. The predicted molar refractivity (Wildman–Crippen MR) is 51.5 cm³/mol. The predicted octanol–water partition coefficient (Wildman–Crippen LogP) is 1.92. The fourth-order valence-electron chi connectivity index (χ4n) is 0.885. The minimum absolute atomic E-state index is 0.323. The van der Waals surface area contributed by atoms with Crippen LogP contribution in [0.4, 0.5) is 0 Å². The van der Waals surface area contributed by atoms with E-state index < -0.39 is 6.10 Å². The quantitative estimate of drug-likeness (QED) is 0.346. The summed E-state index contributed by atoms with van der Waals surface area (Å²) in [5.74, 6) is -0.323. The van der Waals surface area contributed by atoms with Crippen LogP contribution in [0.2, 0.25) is 0 Å². The Labute approximate surface area is 79.7 Å². The molecule has 0 radical (unpaired) electrons. The van der Waals surface area contributed by atoms with E-state index in [0.29, 0.717) is 13.0 Å². The molecule has 0 aromatic carbocycles. The SMILES string of the molecule is C=CCC(OCCCC)C(=O)OC. The van der Waals surface area contributed by atoms with Crippen molar-refractivity contribution in [2.24, 2.45) is 0 Å². The molecular weight excluding hydrogens is 168 g/mol. The molecule has 0 aliphatic rings. The first kappa shape index (κ1) is 12.2. The van der Waals surface area contributed by atoms with Gasteiger partial charge in [0.05, 0.1) is 7.11 Å². The standard InChI is InChI=1S/C10H18O3/c1-4-6-8-13-9(7-5-2)10(11)12-3/h5,9H,2,4,6-8H2,1,3H3. The van der Waals surface area contributed by atoms with E-state index in [1.807, 2.05) is 0 Å². The van der Waals surface area contributed by atoms with Gasteiger partial charge in [-0.25, -0.2) is 4.79 Å². The molecule has 0 saturated carbocycles. The third-order valence-corrected chi connectivity index (χ3v) is 1.66. The number of hydrogen-bond acceptors (Lipinski definition) is 3. The van der Waals surface area contributed by atoms with Crippen molar-refractivity contribution >= 4 is 5.97 Å². The lowest BCUT2D eigenvalue weighted by molar-refractivity contribution is -0.153. The number of rotatable bonds is 7. The third-order valence-electron chi connectivity index (χ3n) is 1.66. The molecule has 13 heavy (non-hydrogen) atoms. The molecule has 0 aromatic heterocycles. The second-order valence-corrected chi connectivity index (χ2v) is 2.76. The van der Waals surface area contributed by atoms with E-state index in [9.17, 15) is 4.79 Å². The van der Waals surface area contributed by atoms with Crippen LogP contribution in [0.25, 0.3) is 0 Å². The van der Waals surface area contributed by atoms with Crippen molar-refractivity contribution in [3.8, 4) is 0 Å². The molecule has 0 rings (SSSR count). The Bertz CT molecular complexity index is 154. The summed E-state index contributed by atoms with van der Waals surface area (Å²) in [6, 6.07) is 0. The summed E-state index contributed by atoms with van der Waals surface area (Å²) < 4.78 is 9.91. The molecule has 1 unspecified atom stereocenters. The molecular formula is C10H18O3. The summed E-state index contributed by atoms with van der Waals surface area (Å²) >= 11 is 0. The first-order chi connectivity index (χ1) is 6.26. The summed E-state index contributed by atoms with van der Waals surface area (Å²) in [6.07, 6.45) is 3.71. The van der Waals surface area contributed by atoms with E-state index in [0.717, 1.165) is 12.8 Å². The molecule has 0 aliphatic carbocycles. The average molecular weight is 186 g/mol. The maximum atomic E-state index is 11.1. The zero-order valence-electron chi connectivity index (χ0n) is 8.41. The Morgan fingerprint density at radius 2 is 2.31 bits per heavy atom. The molecule has 0 aliphatic heterocycles. The van der Waals surface area contributed by atoms with Crippen molar-refractivity contribution in [1.29, 1.82) is 0 Å². The molecule has 0 spiro atoms. The van der Waals surface area contributed by atoms with Crippen LogP contribution >= 0.6 is 0 Å². The number of ether oxygens (including phenoxy) is 2. The van der Waals surface area contributed by atoms with Crippen molar-refractivity contribution in [1.82, 2.24) is 0 Å². The Kier molecular flexibility index (Phi) is 7.30. The lowest BCUT2D eigenvalue weighted by Crippen LogP contribution is -2.25. The van der Waals surface area contributed by atoms with Gasteiger partial charge in [0.2, 0.25) is 0 Å². The molecule has 0 amide bonds. The molecule has 1 atom stereocenters. The van der Waals surface area contributed by atoms with Crippen LogP contribution in [-0.2, 0) is 14.3 Å². The highest BCUT2D eigenvalue weighted by Gasteiger charge is 2.17. The summed E-state index contributed by atoms with van der Waals surface area (Å²) in [5.41, 5.74) is 0. The molecule has 0 fully saturated rings. The molecule has 0 bridgehead atoms. The molecule has 3 nitrogen and oxygen atoms in total. The fourth-order valence-corrected chi connectivity index (χ4v) is 0.885. The zero-order chi connectivity index (χ0) is 10.1. The highest BCUT2D eigenvalue weighted by Crippen LogP contribution is 2.03. The third kappa shape index (κ3) is 5.42. The summed E-state index contributed by atoms with van der Waals surface area (Å²) in [7, 11) is 1.36. The molecule has 76 valence electrons. The van der Waals surface area contributed by atoms with Gasteiger partial charge >= 0.3 is 5.97 Å². The van der Waals surface area contributed by atoms with Crippen LogP contribution in [0.5, 0.6) is 0 Å². The maximum Gasteiger partial charge on any atom is 0.335 e. The Balaban J connectivity index is 3.79. The van der Waals surface area contributed by atoms with Crippen LogP contribution in [0.1, 0.15) is 26.2 Å². The van der Waals surface area contributed by atoms with Gasteiger partial charge in [0.25, 0.3) is 0 Å². The minimum atomic E-state index is -0.478. The topological polar surface area (TPSA) is 35.5 Å². The molecule has 0 aromatic rings. The van der Waals surface area contributed by atoms with Crippen molar-refractivity contribution < 1.29 is 14.3 Å². The van der Waals surface area contributed by atoms with Crippen molar-refractivity contribution in [2.45, 2.75) is 32.3 Å². The molecule has 3 heteroatoms. The summed E-state index contributed by atoms with van der Waals surface area (Å²) in [5, 5.41) is 0. The van der Waals surface area contributed by atoms with E-state index in [2.05, 4.69) is 18.2 Å². The molecule has 0 heterocycles. The van der Waals surface area contributed by atoms with Gasteiger partial charge in [-0.2, -0.15) is 0 Å². The van der Waals surface area contributed by atoms with Crippen molar-refractivity contribution in [3.05, 3.63) is 12.7 Å². The van der Waals surface area contributed by atoms with Crippen LogP contribution < -0.4 is 0 Å². The highest BCUT2D eigenvalue weighted by atomic mass is 16.6. The monoisotopic (exact) mass is 186 g/mol.